The van der Waals surface area contributed by atoms with Gasteiger partial charge in [-0.2, -0.15) is 4.31 Å². The number of aromatic amines is 1. The molecule has 0 aliphatic carbocycles. The Morgan fingerprint density at radius 2 is 1.86 bits per heavy atom. The Balaban J connectivity index is 1.37. The van der Waals surface area contributed by atoms with Gasteiger partial charge in [0, 0.05) is 19.5 Å². The minimum absolute atomic E-state index is 0.0113. The first-order valence-corrected chi connectivity index (χ1v) is 16.1. The molecule has 1 aliphatic heterocycles. The molecule has 2 atom stereocenters. The van der Waals surface area contributed by atoms with Crippen molar-refractivity contribution < 1.29 is 28.2 Å². The molecule has 2 aromatic carbocycles. The van der Waals surface area contributed by atoms with Gasteiger partial charge in [-0.05, 0) is 62.3 Å². The van der Waals surface area contributed by atoms with Gasteiger partial charge in [-0.1, -0.05) is 36.4 Å². The lowest BCUT2D eigenvalue weighted by Gasteiger charge is -2.29. The van der Waals surface area contributed by atoms with Crippen LogP contribution in [-0.2, 0) is 27.7 Å². The molecule has 12 nitrogen and oxygen atoms in total. The fourth-order valence-corrected chi connectivity index (χ4v) is 7.39. The molecule has 44 heavy (non-hydrogen) atoms. The molecule has 3 heterocycles. The number of sulfonamides is 1. The van der Waals surface area contributed by atoms with Gasteiger partial charge in [0.25, 0.3) is 5.56 Å². The highest BCUT2D eigenvalue weighted by atomic mass is 32.2. The molecule has 1 fully saturated rings. The molecule has 1 saturated heterocycles. The normalized spacial score (nSPS) is 16.2. The maximum atomic E-state index is 13.4. The van der Waals surface area contributed by atoms with E-state index in [4.69, 9.17) is 9.72 Å². The molecule has 5 rings (SSSR count). The van der Waals surface area contributed by atoms with E-state index in [0.29, 0.717) is 23.5 Å². The highest BCUT2D eigenvalue weighted by Crippen LogP contribution is 2.31. The summed E-state index contributed by atoms with van der Waals surface area (Å²) in [6.45, 7) is 1.94. The Kier molecular flexibility index (Phi) is 9.47. The zero-order chi connectivity index (χ0) is 31.4. The number of aryl methyl sites for hydroxylation is 1. The Morgan fingerprint density at radius 3 is 2.52 bits per heavy atom. The first kappa shape index (κ1) is 31.4. The van der Waals surface area contributed by atoms with Crippen molar-refractivity contribution in [1.82, 2.24) is 23.8 Å². The second kappa shape index (κ2) is 13.3. The van der Waals surface area contributed by atoms with Crippen LogP contribution in [0.1, 0.15) is 55.6 Å². The summed E-state index contributed by atoms with van der Waals surface area (Å²) in [5, 5.41) is 19.9. The number of nitrogens with one attached hydrogen (secondary N) is 1. The third-order valence-electron chi connectivity index (χ3n) is 8.22. The van der Waals surface area contributed by atoms with E-state index in [1.54, 1.807) is 30.0 Å². The third kappa shape index (κ3) is 6.69. The van der Waals surface area contributed by atoms with Gasteiger partial charge < -0.3 is 24.5 Å². The van der Waals surface area contributed by atoms with Crippen molar-refractivity contribution in [2.45, 2.75) is 62.5 Å². The summed E-state index contributed by atoms with van der Waals surface area (Å²) >= 11 is 0. The summed E-state index contributed by atoms with van der Waals surface area (Å²) in [6.07, 6.45) is 3.84. The van der Waals surface area contributed by atoms with Crippen molar-refractivity contribution in [3.05, 3.63) is 82.2 Å². The van der Waals surface area contributed by atoms with Crippen LogP contribution in [0.3, 0.4) is 0 Å². The fourth-order valence-electron chi connectivity index (χ4n) is 5.78. The molecule has 0 radical (unpaired) electrons. The summed E-state index contributed by atoms with van der Waals surface area (Å²) in [4.78, 5) is 36.0. The van der Waals surface area contributed by atoms with Gasteiger partial charge in [-0.15, -0.1) is 0 Å². The number of benzene rings is 2. The summed E-state index contributed by atoms with van der Waals surface area (Å²) < 4.78 is 35.3. The number of imidazole rings is 1. The van der Waals surface area contributed by atoms with Crippen molar-refractivity contribution in [3.8, 4) is 5.75 Å². The molecule has 1 aliphatic rings. The average Bonchev–Trinajstić information content (AvgIpc) is 3.43. The van der Waals surface area contributed by atoms with Crippen LogP contribution in [0.2, 0.25) is 0 Å². The predicted octanol–water partition coefficient (Wildman–Crippen LogP) is 3.15. The van der Waals surface area contributed by atoms with Gasteiger partial charge in [0.2, 0.25) is 10.0 Å². The van der Waals surface area contributed by atoms with E-state index < -0.39 is 33.6 Å². The topological polar surface area (TPSA) is 168 Å². The molecule has 2 aromatic heterocycles. The van der Waals surface area contributed by atoms with Crippen LogP contribution < -0.4 is 10.3 Å². The Morgan fingerprint density at radius 1 is 1.14 bits per heavy atom. The van der Waals surface area contributed by atoms with Crippen LogP contribution in [0.25, 0.3) is 11.2 Å². The quantitative estimate of drug-likeness (QED) is 0.215. The number of nitrogens with zero attached hydrogens (tertiary/aromatic N) is 4. The number of aliphatic hydroxyl groups excluding tert-OH is 1. The number of carboxylic acid groups (broad SMARTS) is 1. The summed E-state index contributed by atoms with van der Waals surface area (Å²) in [5.41, 5.74) is 2.00. The first-order valence-electron chi connectivity index (χ1n) is 14.7. The van der Waals surface area contributed by atoms with E-state index in [1.807, 2.05) is 18.2 Å². The molecule has 0 bridgehead atoms. The van der Waals surface area contributed by atoms with Gasteiger partial charge >= 0.3 is 5.97 Å². The Bertz CT molecular complexity index is 1780. The van der Waals surface area contributed by atoms with E-state index in [1.165, 1.54) is 23.0 Å². The number of hydrogen-bond donors (Lipinski definition) is 3. The van der Waals surface area contributed by atoms with Crippen LogP contribution in [-0.4, -0.2) is 74.7 Å². The van der Waals surface area contributed by atoms with E-state index in [-0.39, 0.29) is 54.6 Å². The van der Waals surface area contributed by atoms with E-state index >= 15 is 0 Å². The highest BCUT2D eigenvalue weighted by Gasteiger charge is 2.33. The number of fused-ring (bicyclic) bond motifs is 1. The van der Waals surface area contributed by atoms with E-state index in [9.17, 15) is 28.2 Å². The van der Waals surface area contributed by atoms with Crippen LogP contribution in [0, 0.1) is 5.92 Å². The van der Waals surface area contributed by atoms with Gasteiger partial charge in [-0.3, -0.25) is 9.59 Å². The predicted molar refractivity (Wildman–Crippen MR) is 163 cm³/mol. The average molecular weight is 624 g/mol. The third-order valence-corrected chi connectivity index (χ3v) is 10.2. The van der Waals surface area contributed by atoms with Crippen molar-refractivity contribution in [2.75, 3.05) is 20.2 Å². The zero-order valence-electron chi connectivity index (χ0n) is 24.7. The van der Waals surface area contributed by atoms with Crippen molar-refractivity contribution >= 4 is 27.2 Å². The zero-order valence-corrected chi connectivity index (χ0v) is 25.5. The lowest BCUT2D eigenvalue weighted by Crippen LogP contribution is -2.40. The summed E-state index contributed by atoms with van der Waals surface area (Å²) in [6, 6.07) is 14.5. The van der Waals surface area contributed by atoms with E-state index in [0.717, 1.165) is 12.8 Å². The highest BCUT2D eigenvalue weighted by molar-refractivity contribution is 7.89. The maximum Gasteiger partial charge on any atom is 0.306 e. The lowest BCUT2D eigenvalue weighted by molar-refractivity contribution is -0.142. The lowest BCUT2D eigenvalue weighted by atomic mass is 9.99. The molecule has 0 saturated carbocycles. The number of rotatable bonds is 12. The van der Waals surface area contributed by atoms with Crippen molar-refractivity contribution in [1.29, 1.82) is 0 Å². The standard InChI is InChI=1S/C31H37N5O7S/c1-20(37)24(10-6-9-21-7-4-3-5-8-21)36-19-32-28-29(36)33-27(34-30(28)38)18-22-11-12-26(25(17-22)43-2)44(41,42)35-15-13-23(14-16-35)31(39)40/h3-5,7-8,11-12,17,19-20,23-24,37H,6,9-10,13-16,18H2,1-2H3,(H,39,40)(H,33,34,38). The molecule has 0 amide bonds. The molecule has 0 spiro atoms. The van der Waals surface area contributed by atoms with Crippen molar-refractivity contribution in [3.63, 3.8) is 0 Å². The minimum Gasteiger partial charge on any atom is -0.495 e. The smallest absolute Gasteiger partial charge is 0.306 e. The van der Waals surface area contributed by atoms with Crippen molar-refractivity contribution in [2.24, 2.45) is 5.92 Å². The number of carbonyl (C=O) groups is 1. The fraction of sp³-hybridized carbons (Fsp3) is 0.419. The largest absolute Gasteiger partial charge is 0.495 e. The van der Waals surface area contributed by atoms with Crippen LogP contribution in [0.15, 0.2) is 64.5 Å². The van der Waals surface area contributed by atoms with Crippen LogP contribution >= 0.6 is 0 Å². The number of H-pyrrole nitrogens is 1. The molecule has 3 N–H and O–H groups in total. The van der Waals surface area contributed by atoms with Gasteiger partial charge in [0.1, 0.15) is 16.5 Å². The number of methoxy groups -OCH3 is 1. The molecular formula is C31H37N5O7S. The Labute approximate surface area is 255 Å². The van der Waals surface area contributed by atoms with Gasteiger partial charge in [0.15, 0.2) is 11.2 Å². The number of ether oxygens (including phenoxy) is 1. The maximum absolute atomic E-state index is 13.4. The molecular weight excluding hydrogens is 586 g/mol. The molecule has 2 unspecified atom stereocenters. The number of hydrogen-bond acceptors (Lipinski definition) is 8. The number of aliphatic carboxylic acids is 1. The second-order valence-corrected chi connectivity index (χ2v) is 13.1. The van der Waals surface area contributed by atoms with Crippen LogP contribution in [0.5, 0.6) is 5.75 Å². The number of piperidine rings is 1. The summed E-state index contributed by atoms with van der Waals surface area (Å²) in [7, 11) is -2.53. The minimum atomic E-state index is -3.91. The van der Waals surface area contributed by atoms with Crippen LogP contribution in [0.4, 0.5) is 0 Å². The second-order valence-electron chi connectivity index (χ2n) is 11.2. The Hall–Kier alpha value is -4.07. The summed E-state index contributed by atoms with van der Waals surface area (Å²) in [5.74, 6) is -0.976. The van der Waals surface area contributed by atoms with Gasteiger partial charge in [-0.25, -0.2) is 18.4 Å². The number of aromatic nitrogens is 4. The molecule has 234 valence electrons. The SMILES string of the molecule is COc1cc(Cc2nc3c(ncn3C(CCCc3ccccc3)C(C)O)c(=O)[nH]2)ccc1S(=O)(=O)N1CCC(C(=O)O)CC1. The number of carboxylic acids is 1. The number of aliphatic hydroxyl groups is 1. The molecule has 13 heteroatoms. The molecule has 4 aromatic rings. The monoisotopic (exact) mass is 623 g/mol. The van der Waals surface area contributed by atoms with E-state index in [2.05, 4.69) is 22.1 Å². The first-order chi connectivity index (χ1) is 21.1. The van der Waals surface area contributed by atoms with Gasteiger partial charge in [0.05, 0.1) is 31.5 Å².